The van der Waals surface area contributed by atoms with Crippen LogP contribution >= 0.6 is 0 Å². The third kappa shape index (κ3) is 6.11. The zero-order valence-electron chi connectivity index (χ0n) is 15.2. The number of ketones is 1. The normalized spacial score (nSPS) is 13.4. The number of hydrogen-bond acceptors (Lipinski definition) is 3. The minimum Gasteiger partial charge on any atom is -0.327 e. The Bertz CT molecular complexity index is 637. The molecule has 0 radical (unpaired) electrons. The largest absolute Gasteiger partial charge is 0.327 e. The molecule has 2 aromatic carbocycles. The van der Waals surface area contributed by atoms with Crippen molar-refractivity contribution in [2.45, 2.75) is 45.1 Å². The van der Waals surface area contributed by atoms with Gasteiger partial charge in [0.05, 0.1) is 6.54 Å². The first-order valence-corrected chi connectivity index (χ1v) is 9.25. The number of Topliss-reactive ketones (excluding diaryl/α,β-unsaturated/α-hetero) is 1. The molecule has 0 heterocycles. The number of rotatable bonds is 10. The van der Waals surface area contributed by atoms with Crippen LogP contribution in [0.1, 0.15) is 38.2 Å². The molecular formula is C22H30N2O. The van der Waals surface area contributed by atoms with E-state index in [1.165, 1.54) is 16.7 Å². The minimum absolute atomic E-state index is 0.0456. The van der Waals surface area contributed by atoms with Crippen LogP contribution in [0.15, 0.2) is 54.6 Å². The minimum atomic E-state index is 0.0456. The van der Waals surface area contributed by atoms with Crippen LogP contribution in [0.3, 0.4) is 0 Å². The molecule has 2 unspecified atom stereocenters. The molecule has 25 heavy (non-hydrogen) atoms. The van der Waals surface area contributed by atoms with Crippen LogP contribution in [0.4, 0.5) is 0 Å². The van der Waals surface area contributed by atoms with Crippen molar-refractivity contribution in [1.29, 1.82) is 0 Å². The van der Waals surface area contributed by atoms with Gasteiger partial charge < -0.3 is 11.5 Å². The summed E-state index contributed by atoms with van der Waals surface area (Å²) in [7, 11) is 0. The summed E-state index contributed by atoms with van der Waals surface area (Å²) < 4.78 is 0. The smallest absolute Gasteiger partial charge is 0.146 e. The molecule has 0 spiro atoms. The lowest BCUT2D eigenvalue weighted by atomic mass is 9.86. The van der Waals surface area contributed by atoms with Gasteiger partial charge in [-0.3, -0.25) is 4.79 Å². The molecule has 0 amide bonds. The van der Waals surface area contributed by atoms with Gasteiger partial charge in [0.2, 0.25) is 0 Å². The van der Waals surface area contributed by atoms with Crippen LogP contribution < -0.4 is 11.5 Å². The SMILES string of the molecule is CCCC(Cc1ccc(-c2ccccc2)cc1)C(N)CCC(=O)CN. The lowest BCUT2D eigenvalue weighted by Crippen LogP contribution is -2.32. The highest BCUT2D eigenvalue weighted by atomic mass is 16.1. The molecule has 3 heteroatoms. The highest BCUT2D eigenvalue weighted by Gasteiger charge is 2.18. The van der Waals surface area contributed by atoms with E-state index in [0.717, 1.165) is 25.7 Å². The van der Waals surface area contributed by atoms with Crippen LogP contribution in [0, 0.1) is 5.92 Å². The zero-order chi connectivity index (χ0) is 18.1. The maximum atomic E-state index is 11.4. The fourth-order valence-corrected chi connectivity index (χ4v) is 3.27. The molecule has 0 bridgehead atoms. The summed E-state index contributed by atoms with van der Waals surface area (Å²) in [5.74, 6) is 0.496. The molecule has 0 fully saturated rings. The summed E-state index contributed by atoms with van der Waals surface area (Å²) in [5.41, 5.74) is 15.5. The molecule has 134 valence electrons. The van der Waals surface area contributed by atoms with E-state index in [4.69, 9.17) is 11.5 Å². The van der Waals surface area contributed by atoms with Gasteiger partial charge in [-0.25, -0.2) is 0 Å². The highest BCUT2D eigenvalue weighted by molar-refractivity contribution is 5.80. The van der Waals surface area contributed by atoms with Crippen molar-refractivity contribution in [2.24, 2.45) is 17.4 Å². The van der Waals surface area contributed by atoms with Crippen molar-refractivity contribution in [1.82, 2.24) is 0 Å². The molecule has 0 aliphatic rings. The molecule has 0 aliphatic carbocycles. The average molecular weight is 338 g/mol. The van der Waals surface area contributed by atoms with E-state index in [-0.39, 0.29) is 18.4 Å². The van der Waals surface area contributed by atoms with Gasteiger partial charge in [0, 0.05) is 12.5 Å². The quantitative estimate of drug-likeness (QED) is 0.689. The van der Waals surface area contributed by atoms with Crippen LogP contribution in [0.5, 0.6) is 0 Å². The van der Waals surface area contributed by atoms with Crippen molar-refractivity contribution in [3.8, 4) is 11.1 Å². The van der Waals surface area contributed by atoms with Crippen molar-refractivity contribution in [3.05, 3.63) is 60.2 Å². The Kier molecular flexibility index (Phi) is 7.83. The van der Waals surface area contributed by atoms with Crippen molar-refractivity contribution in [3.63, 3.8) is 0 Å². The second kappa shape index (κ2) is 10.1. The lowest BCUT2D eigenvalue weighted by Gasteiger charge is -2.23. The van der Waals surface area contributed by atoms with Gasteiger partial charge in [0.1, 0.15) is 5.78 Å². The van der Waals surface area contributed by atoms with Crippen LogP contribution in [0.2, 0.25) is 0 Å². The maximum Gasteiger partial charge on any atom is 0.146 e. The van der Waals surface area contributed by atoms with Crippen molar-refractivity contribution < 1.29 is 4.79 Å². The third-order valence-electron chi connectivity index (χ3n) is 4.81. The molecular weight excluding hydrogens is 308 g/mol. The van der Waals surface area contributed by atoms with Gasteiger partial charge in [-0.15, -0.1) is 0 Å². The van der Waals surface area contributed by atoms with E-state index in [0.29, 0.717) is 12.3 Å². The number of nitrogens with two attached hydrogens (primary N) is 2. The van der Waals surface area contributed by atoms with Gasteiger partial charge in [0.25, 0.3) is 0 Å². The zero-order valence-corrected chi connectivity index (χ0v) is 15.2. The fourth-order valence-electron chi connectivity index (χ4n) is 3.27. The summed E-state index contributed by atoms with van der Waals surface area (Å²) in [4.78, 5) is 11.4. The van der Waals surface area contributed by atoms with E-state index < -0.39 is 0 Å². The van der Waals surface area contributed by atoms with Crippen LogP contribution in [-0.2, 0) is 11.2 Å². The molecule has 4 N–H and O–H groups in total. The molecule has 2 aromatic rings. The van der Waals surface area contributed by atoms with Gasteiger partial charge in [-0.05, 0) is 41.9 Å². The van der Waals surface area contributed by atoms with Crippen LogP contribution in [0.25, 0.3) is 11.1 Å². The van der Waals surface area contributed by atoms with E-state index in [1.807, 2.05) is 6.07 Å². The molecule has 2 atom stereocenters. The molecule has 3 nitrogen and oxygen atoms in total. The molecule has 0 aliphatic heterocycles. The monoisotopic (exact) mass is 338 g/mol. The summed E-state index contributed by atoms with van der Waals surface area (Å²) in [6.45, 7) is 2.30. The second-order valence-corrected chi connectivity index (χ2v) is 6.76. The predicted octanol–water partition coefficient (Wildman–Crippen LogP) is 3.95. The van der Waals surface area contributed by atoms with E-state index in [9.17, 15) is 4.79 Å². The summed E-state index contributed by atoms with van der Waals surface area (Å²) in [6, 6.07) is 19.2. The topological polar surface area (TPSA) is 69.1 Å². The Morgan fingerprint density at radius 3 is 2.20 bits per heavy atom. The highest BCUT2D eigenvalue weighted by Crippen LogP contribution is 2.23. The van der Waals surface area contributed by atoms with Gasteiger partial charge in [-0.2, -0.15) is 0 Å². The number of carbonyl (C=O) groups is 1. The lowest BCUT2D eigenvalue weighted by molar-refractivity contribution is -0.117. The first-order valence-electron chi connectivity index (χ1n) is 9.25. The number of carbonyl (C=O) groups excluding carboxylic acids is 1. The Balaban J connectivity index is 2.00. The standard InChI is InChI=1S/C22H30N2O/c1-2-6-20(22(24)14-13-21(25)16-23)15-17-9-11-19(12-10-17)18-7-4-3-5-8-18/h3-5,7-12,20,22H,2,6,13-16,23-24H2,1H3. The van der Waals surface area contributed by atoms with E-state index in [2.05, 4.69) is 55.5 Å². The summed E-state index contributed by atoms with van der Waals surface area (Å²) in [5, 5.41) is 0. The number of benzene rings is 2. The third-order valence-corrected chi connectivity index (χ3v) is 4.81. The Labute approximate surface area is 151 Å². The van der Waals surface area contributed by atoms with Gasteiger partial charge >= 0.3 is 0 Å². The molecule has 0 saturated carbocycles. The maximum absolute atomic E-state index is 11.4. The van der Waals surface area contributed by atoms with Crippen molar-refractivity contribution >= 4 is 5.78 Å². The second-order valence-electron chi connectivity index (χ2n) is 6.76. The summed E-state index contributed by atoms with van der Waals surface area (Å²) >= 11 is 0. The molecule has 0 aromatic heterocycles. The van der Waals surface area contributed by atoms with Gasteiger partial charge in [-0.1, -0.05) is 67.9 Å². The van der Waals surface area contributed by atoms with E-state index >= 15 is 0 Å². The molecule has 0 saturated heterocycles. The van der Waals surface area contributed by atoms with Gasteiger partial charge in [0.15, 0.2) is 0 Å². The first kappa shape index (κ1) is 19.4. The fraction of sp³-hybridized carbons (Fsp3) is 0.409. The predicted molar refractivity (Wildman–Crippen MR) is 105 cm³/mol. The Hall–Kier alpha value is -1.97. The van der Waals surface area contributed by atoms with Crippen molar-refractivity contribution in [2.75, 3.05) is 6.54 Å². The molecule has 2 rings (SSSR count). The summed E-state index contributed by atoms with van der Waals surface area (Å²) in [6.07, 6.45) is 4.36. The van der Waals surface area contributed by atoms with Crippen LogP contribution in [-0.4, -0.2) is 18.4 Å². The first-order chi connectivity index (χ1) is 12.1. The Morgan fingerprint density at radius 2 is 1.60 bits per heavy atom. The Morgan fingerprint density at radius 1 is 0.960 bits per heavy atom. The van der Waals surface area contributed by atoms with E-state index in [1.54, 1.807) is 0 Å². The number of hydrogen-bond donors (Lipinski definition) is 2. The average Bonchev–Trinajstić information content (AvgIpc) is 2.66.